The largest absolute Gasteiger partial charge is 0.394 e. The molecule has 11 nitrogen and oxygen atoms in total. The lowest BCUT2D eigenvalue weighted by atomic mass is 9.98. The first-order valence-electron chi connectivity index (χ1n) is 36.5. The summed E-state index contributed by atoms with van der Waals surface area (Å²) in [7, 11) is 0. The van der Waals surface area contributed by atoms with Crippen LogP contribution in [-0.2, 0) is 14.3 Å². The number of amides is 1. The van der Waals surface area contributed by atoms with E-state index >= 15 is 0 Å². The van der Waals surface area contributed by atoms with Crippen molar-refractivity contribution in [1.29, 1.82) is 0 Å². The molecule has 1 aliphatic rings. The van der Waals surface area contributed by atoms with Crippen molar-refractivity contribution in [3.63, 3.8) is 0 Å². The fourth-order valence-corrected chi connectivity index (χ4v) is 11.7. The van der Waals surface area contributed by atoms with Gasteiger partial charge in [0.25, 0.3) is 0 Å². The number of hydrogen-bond donors (Lipinski definition) is 8. The molecule has 8 N–H and O–H groups in total. The zero-order valence-electron chi connectivity index (χ0n) is 55.4. The summed E-state index contributed by atoms with van der Waals surface area (Å²) in [5.41, 5.74) is 0. The van der Waals surface area contributed by atoms with Gasteiger partial charge in [0.15, 0.2) is 6.29 Å². The maximum absolute atomic E-state index is 13.3. The van der Waals surface area contributed by atoms with Crippen molar-refractivity contribution in [3.05, 3.63) is 48.6 Å². The van der Waals surface area contributed by atoms with Gasteiger partial charge < -0.3 is 50.5 Å². The highest BCUT2D eigenvalue weighted by molar-refractivity contribution is 5.80. The van der Waals surface area contributed by atoms with Crippen molar-refractivity contribution >= 4 is 5.91 Å². The summed E-state index contributed by atoms with van der Waals surface area (Å²) in [6.07, 6.45) is 70.6. The van der Waals surface area contributed by atoms with Crippen LogP contribution >= 0.6 is 0 Å². The Hall–Kier alpha value is -1.93. The molecule has 0 saturated carbocycles. The van der Waals surface area contributed by atoms with Crippen LogP contribution in [0.1, 0.15) is 348 Å². The third kappa shape index (κ3) is 49.5. The first kappa shape index (κ1) is 81.1. The van der Waals surface area contributed by atoms with E-state index in [1.807, 2.05) is 0 Å². The standard InChI is InChI=1S/C74H139NO10/c1-3-5-7-9-11-13-15-17-19-21-23-25-27-29-31-32-33-34-36-37-39-41-43-45-47-49-51-53-55-57-59-61-66(77)69(79)65(64-84-74-72(82)71(81)70(80)68(63-76)85-74)75-73(83)67(78)62-60-58-56-54-52-50-48-46-44-42-40-38-35-30-28-26-24-22-20-18-16-14-12-10-8-6-4-2/h30,35,37,39,45,47,53,55,65-72,74,76-82H,3-29,31-34,36,38,40-44,46,48-52,54,56-64H2,1-2H3,(H,75,83)/b35-30-,39-37+,47-45+,55-53+. The Morgan fingerprint density at radius 1 is 0.400 bits per heavy atom. The van der Waals surface area contributed by atoms with Crippen LogP contribution in [0.25, 0.3) is 0 Å². The molecule has 1 aliphatic heterocycles. The number of ether oxygens (including phenoxy) is 2. The van der Waals surface area contributed by atoms with E-state index < -0.39 is 74.2 Å². The van der Waals surface area contributed by atoms with Gasteiger partial charge in [-0.1, -0.05) is 306 Å². The van der Waals surface area contributed by atoms with E-state index in [-0.39, 0.29) is 12.8 Å². The number of aliphatic hydroxyl groups is 7. The Morgan fingerprint density at radius 3 is 1.05 bits per heavy atom. The van der Waals surface area contributed by atoms with E-state index in [1.54, 1.807) is 0 Å². The van der Waals surface area contributed by atoms with Crippen molar-refractivity contribution < 1.29 is 50.0 Å². The normalized spacial score (nSPS) is 19.1. The first-order valence-corrected chi connectivity index (χ1v) is 36.5. The van der Waals surface area contributed by atoms with Crippen LogP contribution < -0.4 is 5.32 Å². The number of allylic oxidation sites excluding steroid dienone is 8. The van der Waals surface area contributed by atoms with E-state index in [0.29, 0.717) is 19.3 Å². The van der Waals surface area contributed by atoms with Gasteiger partial charge in [-0.25, -0.2) is 0 Å². The predicted octanol–water partition coefficient (Wildman–Crippen LogP) is 17.9. The summed E-state index contributed by atoms with van der Waals surface area (Å²) in [4.78, 5) is 13.3. The number of nitrogens with one attached hydrogen (secondary N) is 1. The van der Waals surface area contributed by atoms with Gasteiger partial charge in [0.05, 0.1) is 25.4 Å². The third-order valence-electron chi connectivity index (χ3n) is 17.6. The van der Waals surface area contributed by atoms with Crippen LogP contribution in [0.4, 0.5) is 0 Å². The lowest BCUT2D eigenvalue weighted by Gasteiger charge is -2.40. The van der Waals surface area contributed by atoms with Crippen molar-refractivity contribution in [2.24, 2.45) is 0 Å². The molecule has 1 amide bonds. The molecule has 0 spiro atoms. The second-order valence-corrected chi connectivity index (χ2v) is 25.6. The molecule has 9 unspecified atom stereocenters. The van der Waals surface area contributed by atoms with E-state index in [1.165, 1.54) is 257 Å². The molecule has 11 heteroatoms. The van der Waals surface area contributed by atoms with Gasteiger partial charge in [-0.2, -0.15) is 0 Å². The van der Waals surface area contributed by atoms with Gasteiger partial charge in [0.2, 0.25) is 5.91 Å². The molecule has 85 heavy (non-hydrogen) atoms. The molecule has 500 valence electrons. The summed E-state index contributed by atoms with van der Waals surface area (Å²) >= 11 is 0. The lowest BCUT2D eigenvalue weighted by molar-refractivity contribution is -0.303. The van der Waals surface area contributed by atoms with Crippen LogP contribution in [-0.4, -0.2) is 110 Å². The molecule has 0 aromatic rings. The molecule has 0 aliphatic carbocycles. The van der Waals surface area contributed by atoms with Gasteiger partial charge >= 0.3 is 0 Å². The van der Waals surface area contributed by atoms with Gasteiger partial charge in [-0.15, -0.1) is 0 Å². The number of carbonyl (C=O) groups excluding carboxylic acids is 1. The summed E-state index contributed by atoms with van der Waals surface area (Å²) in [6, 6.07) is -1.20. The van der Waals surface area contributed by atoms with Gasteiger partial charge in [-0.05, 0) is 89.9 Å². The Balaban J connectivity index is 2.23. The van der Waals surface area contributed by atoms with Crippen molar-refractivity contribution in [2.75, 3.05) is 13.2 Å². The average molecular weight is 1200 g/mol. The van der Waals surface area contributed by atoms with E-state index in [4.69, 9.17) is 9.47 Å². The molecule has 1 heterocycles. The Labute approximate surface area is 523 Å². The van der Waals surface area contributed by atoms with Gasteiger partial charge in [0.1, 0.15) is 36.6 Å². The maximum Gasteiger partial charge on any atom is 0.249 e. The van der Waals surface area contributed by atoms with E-state index in [0.717, 1.165) is 44.9 Å². The van der Waals surface area contributed by atoms with Crippen LogP contribution in [0.2, 0.25) is 0 Å². The number of unbranched alkanes of at least 4 members (excludes halogenated alkanes) is 44. The summed E-state index contributed by atoms with van der Waals surface area (Å²) in [6.45, 7) is 3.49. The predicted molar refractivity (Wildman–Crippen MR) is 358 cm³/mol. The van der Waals surface area contributed by atoms with Crippen molar-refractivity contribution in [2.45, 2.75) is 403 Å². The minimum absolute atomic E-state index is 0.241. The molecule has 1 fully saturated rings. The fourth-order valence-electron chi connectivity index (χ4n) is 11.7. The monoisotopic (exact) mass is 1200 g/mol. The van der Waals surface area contributed by atoms with Crippen LogP contribution in [0.3, 0.4) is 0 Å². The number of aliphatic hydroxyl groups excluding tert-OH is 7. The maximum atomic E-state index is 13.3. The van der Waals surface area contributed by atoms with Crippen LogP contribution in [0.5, 0.6) is 0 Å². The van der Waals surface area contributed by atoms with E-state index in [2.05, 4.69) is 67.8 Å². The molecular formula is C74H139NO10. The highest BCUT2D eigenvalue weighted by Gasteiger charge is 2.44. The highest BCUT2D eigenvalue weighted by atomic mass is 16.7. The minimum atomic E-state index is -1.68. The quantitative estimate of drug-likeness (QED) is 0.0215. The van der Waals surface area contributed by atoms with Gasteiger partial charge in [-0.3, -0.25) is 4.79 Å². The molecule has 0 bridgehead atoms. The zero-order valence-corrected chi connectivity index (χ0v) is 55.4. The van der Waals surface area contributed by atoms with Gasteiger partial charge in [0, 0.05) is 0 Å². The van der Waals surface area contributed by atoms with Crippen molar-refractivity contribution in [3.8, 4) is 0 Å². The average Bonchev–Trinajstić information content (AvgIpc) is 3.51. The van der Waals surface area contributed by atoms with E-state index in [9.17, 15) is 40.5 Å². The highest BCUT2D eigenvalue weighted by Crippen LogP contribution is 2.24. The van der Waals surface area contributed by atoms with Crippen LogP contribution in [0, 0.1) is 0 Å². The Kier molecular flexibility index (Phi) is 59.4. The summed E-state index contributed by atoms with van der Waals surface area (Å²) in [5, 5.41) is 76.5. The fraction of sp³-hybridized carbons (Fsp3) is 0.878. The topological polar surface area (TPSA) is 189 Å². The summed E-state index contributed by atoms with van der Waals surface area (Å²) < 4.78 is 11.2. The van der Waals surface area contributed by atoms with Crippen LogP contribution in [0.15, 0.2) is 48.6 Å². The molecule has 0 aromatic carbocycles. The summed E-state index contributed by atoms with van der Waals surface area (Å²) in [5.74, 6) is -0.709. The third-order valence-corrected chi connectivity index (χ3v) is 17.6. The number of hydrogen-bond acceptors (Lipinski definition) is 10. The molecule has 1 saturated heterocycles. The minimum Gasteiger partial charge on any atom is -0.394 e. The Morgan fingerprint density at radius 2 is 0.706 bits per heavy atom. The molecule has 1 rings (SSSR count). The molecule has 0 aromatic heterocycles. The zero-order chi connectivity index (χ0) is 61.7. The Bertz CT molecular complexity index is 1520. The molecule has 0 radical (unpaired) electrons. The smallest absolute Gasteiger partial charge is 0.249 e. The SMILES string of the molecule is CCCCCCCCCCCCCC/C=C\CCCCCCCCCCCCCC(O)C(=O)NC(COC1OC(CO)C(O)C(O)C1O)C(O)C(O)CCC/C=C/CC/C=C/CC/C=C/CCCCCCCCCCCCCCCCCCCC. The number of carbonyl (C=O) groups is 1. The second-order valence-electron chi connectivity index (χ2n) is 25.6. The number of rotatable bonds is 64. The lowest BCUT2D eigenvalue weighted by Crippen LogP contribution is -2.60. The first-order chi connectivity index (χ1) is 41.7. The van der Waals surface area contributed by atoms with Crippen molar-refractivity contribution in [1.82, 2.24) is 5.32 Å². The molecular weight excluding hydrogens is 1060 g/mol. The second kappa shape index (κ2) is 62.3. The molecule has 9 atom stereocenters.